The Labute approximate surface area is 391 Å². The summed E-state index contributed by atoms with van der Waals surface area (Å²) in [5, 5.41) is 43.1. The summed E-state index contributed by atoms with van der Waals surface area (Å²) in [7, 11) is 4.49. The van der Waals surface area contributed by atoms with Crippen molar-refractivity contribution in [3.8, 4) is 33.8 Å². The van der Waals surface area contributed by atoms with Crippen molar-refractivity contribution in [2.24, 2.45) is 14.1 Å². The second-order valence-electron chi connectivity index (χ2n) is 13.5. The lowest BCUT2D eigenvalue weighted by Crippen LogP contribution is -2.42. The van der Waals surface area contributed by atoms with E-state index in [4.69, 9.17) is 68.5 Å². The first-order chi connectivity index (χ1) is 30.4. The Morgan fingerprint density at radius 3 is 1.69 bits per heavy atom. The highest BCUT2D eigenvalue weighted by atomic mass is 35.5. The van der Waals surface area contributed by atoms with E-state index in [1.165, 1.54) is 31.2 Å². The molecular formula is C43H39Cl4N7O9S. The molecule has 0 aliphatic carbocycles. The van der Waals surface area contributed by atoms with Crippen LogP contribution in [0.4, 0.5) is 0 Å². The van der Waals surface area contributed by atoms with Crippen LogP contribution >= 0.6 is 58.6 Å². The Morgan fingerprint density at radius 2 is 1.22 bits per heavy atom. The monoisotopic (exact) mass is 969 g/mol. The summed E-state index contributed by atoms with van der Waals surface area (Å²) in [4.78, 5) is 61.7. The molecule has 2 unspecified atom stereocenters. The number of aliphatic carboxylic acids is 2. The molecular weight excluding hydrogens is 932 g/mol. The zero-order valence-corrected chi connectivity index (χ0v) is 38.1. The smallest absolute Gasteiger partial charge is 0.326 e. The van der Waals surface area contributed by atoms with Crippen molar-refractivity contribution in [1.29, 1.82) is 0 Å². The van der Waals surface area contributed by atoms with Gasteiger partial charge in [0.1, 0.15) is 22.8 Å². The van der Waals surface area contributed by atoms with Gasteiger partial charge in [-0.2, -0.15) is 10.2 Å². The number of pyridine rings is 1. The van der Waals surface area contributed by atoms with E-state index >= 15 is 0 Å². The van der Waals surface area contributed by atoms with Gasteiger partial charge in [-0.3, -0.25) is 19.4 Å². The number of benzene rings is 3. The number of rotatable bonds is 13. The minimum absolute atomic E-state index is 0.106. The number of halogens is 4. The molecule has 6 aromatic rings. The summed E-state index contributed by atoms with van der Waals surface area (Å²) in [6, 6.07) is 16.3. The van der Waals surface area contributed by atoms with Gasteiger partial charge in [-0.15, -0.1) is 0 Å². The molecule has 0 fully saturated rings. The zero-order valence-electron chi connectivity index (χ0n) is 34.3. The number of aromatic nitrogens is 5. The molecule has 0 spiro atoms. The predicted molar refractivity (Wildman–Crippen MR) is 248 cm³/mol. The average Bonchev–Trinajstić information content (AvgIpc) is 3.26. The Hall–Kier alpha value is -6.37. The SMILES string of the molecule is COc1cnn(C)c(=O)c1-c1ccc(CC(NC(=S)c2c(Cl)cccc2Cl)C(=O)O)cc1.Cc1c(Cl)cncc1Cl.Cn1ncc(O)c(-c2ccc(CC(NC=O)C(=O)O)cc2)c1=O. The fourth-order valence-corrected chi connectivity index (χ4v) is 7.18. The first kappa shape index (κ1) is 50.3. The van der Waals surface area contributed by atoms with Crippen LogP contribution in [-0.2, 0) is 41.3 Å². The minimum atomic E-state index is -1.14. The average molecular weight is 972 g/mol. The van der Waals surface area contributed by atoms with Crippen LogP contribution < -0.4 is 26.5 Å². The van der Waals surface area contributed by atoms with E-state index in [1.807, 2.05) is 6.92 Å². The topological polar surface area (TPSA) is 228 Å². The number of thiocarbonyl (C=S) groups is 1. The van der Waals surface area contributed by atoms with Gasteiger partial charge in [0.15, 0.2) is 5.75 Å². The van der Waals surface area contributed by atoms with Gasteiger partial charge in [0.05, 0.1) is 50.7 Å². The normalized spacial score (nSPS) is 11.4. The third-order valence-electron chi connectivity index (χ3n) is 9.26. The quantitative estimate of drug-likeness (QED) is 0.0631. The number of hydrogen-bond acceptors (Lipinski definition) is 11. The molecule has 1 amide bonds. The summed E-state index contributed by atoms with van der Waals surface area (Å²) in [5.74, 6) is -2.09. The summed E-state index contributed by atoms with van der Waals surface area (Å²) in [6.45, 7) is 1.85. The predicted octanol–water partition coefficient (Wildman–Crippen LogP) is 6.32. The van der Waals surface area contributed by atoms with Crippen molar-refractivity contribution in [1.82, 2.24) is 35.2 Å². The van der Waals surface area contributed by atoms with E-state index in [9.17, 15) is 34.2 Å². The Kier molecular flexibility index (Phi) is 18.3. The molecule has 334 valence electrons. The highest BCUT2D eigenvalue weighted by Gasteiger charge is 2.23. The van der Waals surface area contributed by atoms with Crippen molar-refractivity contribution in [2.45, 2.75) is 31.8 Å². The molecule has 3 heterocycles. The first-order valence-electron chi connectivity index (χ1n) is 18.6. The number of aromatic hydroxyl groups is 1. The molecule has 5 N–H and O–H groups in total. The molecule has 6 rings (SSSR count). The van der Waals surface area contributed by atoms with Gasteiger partial charge in [0, 0.05) is 44.9 Å². The van der Waals surface area contributed by atoms with Crippen LogP contribution in [0.5, 0.6) is 11.5 Å². The van der Waals surface area contributed by atoms with Gasteiger partial charge in [0.25, 0.3) is 11.1 Å². The first-order valence-corrected chi connectivity index (χ1v) is 20.5. The van der Waals surface area contributed by atoms with Crippen LogP contribution in [0.1, 0.15) is 22.3 Å². The van der Waals surface area contributed by atoms with Crippen molar-refractivity contribution < 1.29 is 34.4 Å². The van der Waals surface area contributed by atoms with Gasteiger partial charge in [0.2, 0.25) is 6.41 Å². The third kappa shape index (κ3) is 13.1. The van der Waals surface area contributed by atoms with Gasteiger partial charge in [-0.25, -0.2) is 19.0 Å². The molecule has 0 radical (unpaired) electrons. The summed E-state index contributed by atoms with van der Waals surface area (Å²) >= 11 is 29.0. The van der Waals surface area contributed by atoms with Crippen LogP contribution in [0, 0.1) is 6.92 Å². The molecule has 0 saturated heterocycles. The maximum atomic E-state index is 12.5. The Balaban J connectivity index is 0.000000243. The number of ether oxygens (including phenoxy) is 1. The number of methoxy groups -OCH3 is 1. The number of carbonyl (C=O) groups excluding carboxylic acids is 1. The second-order valence-corrected chi connectivity index (χ2v) is 15.6. The Morgan fingerprint density at radius 1 is 0.750 bits per heavy atom. The molecule has 0 saturated carbocycles. The molecule has 0 aliphatic rings. The van der Waals surface area contributed by atoms with Gasteiger partial charge < -0.3 is 30.7 Å². The van der Waals surface area contributed by atoms with Crippen LogP contribution in [0.25, 0.3) is 22.3 Å². The van der Waals surface area contributed by atoms with Crippen LogP contribution in [0.15, 0.2) is 101 Å². The summed E-state index contributed by atoms with van der Waals surface area (Å²) in [6.07, 6.45) is 6.38. The van der Waals surface area contributed by atoms with E-state index < -0.39 is 29.6 Å². The fraction of sp³-hybridized carbons (Fsp3) is 0.186. The van der Waals surface area contributed by atoms with Crippen LogP contribution in [0.3, 0.4) is 0 Å². The molecule has 16 nitrogen and oxygen atoms in total. The van der Waals surface area contributed by atoms with Gasteiger partial charge in [-0.05, 0) is 46.9 Å². The number of amides is 1. The second kappa shape index (κ2) is 23.4. The van der Waals surface area contributed by atoms with Gasteiger partial charge >= 0.3 is 11.9 Å². The molecule has 2 atom stereocenters. The number of aryl methyl sites for hydroxylation is 2. The maximum Gasteiger partial charge on any atom is 0.326 e. The number of carboxylic acid groups (broad SMARTS) is 2. The molecule has 64 heavy (non-hydrogen) atoms. The number of nitrogens with one attached hydrogen (secondary N) is 2. The lowest BCUT2D eigenvalue weighted by molar-refractivity contribution is -0.140. The lowest BCUT2D eigenvalue weighted by atomic mass is 10.0. The number of nitrogens with zero attached hydrogens (tertiary/aromatic N) is 5. The number of hydrogen-bond donors (Lipinski definition) is 5. The summed E-state index contributed by atoms with van der Waals surface area (Å²) < 4.78 is 7.60. The van der Waals surface area contributed by atoms with Crippen LogP contribution in [0.2, 0.25) is 20.1 Å². The fourth-order valence-electron chi connectivity index (χ4n) is 5.75. The molecule has 0 aliphatic heterocycles. The van der Waals surface area contributed by atoms with E-state index in [0.717, 1.165) is 15.8 Å². The van der Waals surface area contributed by atoms with E-state index in [2.05, 4.69) is 25.8 Å². The van der Waals surface area contributed by atoms with E-state index in [1.54, 1.807) is 86.2 Å². The highest BCUT2D eigenvalue weighted by molar-refractivity contribution is 7.80. The standard InChI is InChI=1S/C22H19Cl2N3O4S.C15H15N3O5.C6H5Cl2N/c1-27-21(28)18(17(31-2)11-25-27)13-8-6-12(7-9-13)10-16(22(29)30)26-20(32)19-14(23)4-3-5-15(19)24;1-18-14(21)13(12(20)7-17-18)10-4-2-9(3-5-10)6-11(15(22)23)16-8-19;1-4-5(7)2-9-3-6(4)8/h3-9,11,16H,10H2,1-2H3,(H,26,32)(H,29,30);2-5,7-8,11,20H,6H2,1H3,(H,16,19)(H,22,23);2-3H,1H3. The largest absolute Gasteiger partial charge is 0.505 e. The van der Waals surface area contributed by atoms with Crippen LogP contribution in [-0.4, -0.2) is 82.4 Å². The van der Waals surface area contributed by atoms with Crippen molar-refractivity contribution >= 4 is 82.0 Å². The molecule has 3 aromatic heterocycles. The van der Waals surface area contributed by atoms with E-state index in [-0.39, 0.29) is 34.7 Å². The molecule has 21 heteroatoms. The number of carbonyl (C=O) groups is 3. The molecule has 3 aromatic carbocycles. The summed E-state index contributed by atoms with van der Waals surface area (Å²) in [5.41, 5.74) is 3.53. The van der Waals surface area contributed by atoms with Crippen molar-refractivity contribution in [3.63, 3.8) is 0 Å². The molecule has 0 bridgehead atoms. The van der Waals surface area contributed by atoms with Crippen molar-refractivity contribution in [3.05, 3.63) is 155 Å². The highest BCUT2D eigenvalue weighted by Crippen LogP contribution is 2.28. The van der Waals surface area contributed by atoms with E-state index in [0.29, 0.717) is 60.1 Å². The van der Waals surface area contributed by atoms with Crippen molar-refractivity contribution in [2.75, 3.05) is 7.11 Å². The third-order valence-corrected chi connectivity index (χ3v) is 11.0. The zero-order chi connectivity index (χ0) is 47.2. The van der Waals surface area contributed by atoms with Gasteiger partial charge in [-0.1, -0.05) is 113 Å². The maximum absolute atomic E-state index is 12.5. The Bertz CT molecular complexity index is 2730. The minimum Gasteiger partial charge on any atom is -0.505 e. The lowest BCUT2D eigenvalue weighted by Gasteiger charge is -2.18. The number of carboxylic acids is 2.